The largest absolute Gasteiger partial charge is 0.457 e. The van der Waals surface area contributed by atoms with Gasteiger partial charge in [-0.1, -0.05) is 6.92 Å². The number of hydrogen-bond acceptors (Lipinski definition) is 4. The molecule has 0 N–H and O–H groups in total. The molecule has 0 aromatic heterocycles. The minimum absolute atomic E-state index is 0.345. The molecule has 0 bridgehead atoms. The first-order valence-electron chi connectivity index (χ1n) is 6.37. The van der Waals surface area contributed by atoms with Gasteiger partial charge in [0, 0.05) is 0 Å². The Morgan fingerprint density at radius 3 is 1.95 bits per heavy atom. The average Bonchev–Trinajstić information content (AvgIpc) is 2.30. The zero-order chi connectivity index (χ0) is 16.9. The Kier molecular flexibility index (Phi) is 6.63. The number of alkyl halides is 4. The minimum Gasteiger partial charge on any atom is -0.457 e. The van der Waals surface area contributed by atoms with Crippen LogP contribution in [0.1, 0.15) is 40.5 Å². The fraction of sp³-hybridized carbons (Fsp3) is 0.846. The summed E-state index contributed by atoms with van der Waals surface area (Å²) < 4.78 is 59.8. The van der Waals surface area contributed by atoms with Gasteiger partial charge in [0.05, 0.1) is 11.8 Å². The van der Waals surface area contributed by atoms with Gasteiger partial charge in [-0.05, 0) is 27.2 Å². The van der Waals surface area contributed by atoms with E-state index in [4.69, 9.17) is 0 Å². The fourth-order valence-corrected chi connectivity index (χ4v) is 1.20. The molecule has 0 atom stereocenters. The molecule has 0 amide bonds. The molecular weight excluding hydrogens is 296 g/mol. The van der Waals surface area contributed by atoms with Crippen molar-refractivity contribution in [3.05, 3.63) is 0 Å². The highest BCUT2D eigenvalue weighted by Crippen LogP contribution is 2.30. The molecule has 0 spiro atoms. The van der Waals surface area contributed by atoms with Gasteiger partial charge in [-0.2, -0.15) is 0 Å². The maximum Gasteiger partial charge on any atom is 0.344 e. The Morgan fingerprint density at radius 1 is 1.00 bits per heavy atom. The predicted octanol–water partition coefficient (Wildman–Crippen LogP) is 3.19. The van der Waals surface area contributed by atoms with Gasteiger partial charge in [0.1, 0.15) is 0 Å². The Morgan fingerprint density at radius 2 is 1.52 bits per heavy atom. The van der Waals surface area contributed by atoms with Crippen molar-refractivity contribution in [3.63, 3.8) is 0 Å². The van der Waals surface area contributed by atoms with Crippen LogP contribution < -0.4 is 0 Å². The van der Waals surface area contributed by atoms with Crippen LogP contribution in [0.15, 0.2) is 0 Å². The highest BCUT2D eigenvalue weighted by atomic mass is 19.3. The maximum atomic E-state index is 13.1. The summed E-state index contributed by atoms with van der Waals surface area (Å²) >= 11 is 0. The number of ether oxygens (including phenoxy) is 2. The van der Waals surface area contributed by atoms with E-state index in [0.29, 0.717) is 13.3 Å². The number of rotatable bonds is 8. The standard InChI is InChI=1S/C13H20F4O4/c1-5-11(2,3)10(19)20-6-9(18)21-8-13(16,17)7-12(4,14)15/h5-8H2,1-4H3. The van der Waals surface area contributed by atoms with Crippen molar-refractivity contribution in [1.82, 2.24) is 0 Å². The quantitative estimate of drug-likeness (QED) is 0.510. The summed E-state index contributed by atoms with van der Waals surface area (Å²) in [5.74, 6) is -9.31. The molecule has 0 radical (unpaired) electrons. The smallest absolute Gasteiger partial charge is 0.344 e. The van der Waals surface area contributed by atoms with Gasteiger partial charge >= 0.3 is 11.9 Å². The van der Waals surface area contributed by atoms with Gasteiger partial charge in [-0.15, -0.1) is 0 Å². The lowest BCUT2D eigenvalue weighted by Crippen LogP contribution is -2.34. The van der Waals surface area contributed by atoms with E-state index in [1.165, 1.54) is 0 Å². The molecular formula is C13H20F4O4. The van der Waals surface area contributed by atoms with Crippen LogP contribution in [-0.4, -0.2) is 37.0 Å². The molecule has 0 saturated carbocycles. The van der Waals surface area contributed by atoms with E-state index in [-0.39, 0.29) is 0 Å². The lowest BCUT2D eigenvalue weighted by molar-refractivity contribution is -0.175. The summed E-state index contributed by atoms with van der Waals surface area (Å²) in [6.45, 7) is 2.96. The first-order chi connectivity index (χ1) is 9.29. The summed E-state index contributed by atoms with van der Waals surface area (Å²) in [5, 5.41) is 0. The van der Waals surface area contributed by atoms with E-state index >= 15 is 0 Å². The Hall–Kier alpha value is -1.34. The topological polar surface area (TPSA) is 52.6 Å². The first-order valence-corrected chi connectivity index (χ1v) is 6.37. The van der Waals surface area contributed by atoms with Crippen molar-refractivity contribution in [2.75, 3.05) is 13.2 Å². The fourth-order valence-electron chi connectivity index (χ4n) is 1.20. The highest BCUT2D eigenvalue weighted by Gasteiger charge is 2.41. The predicted molar refractivity (Wildman–Crippen MR) is 66.2 cm³/mol. The van der Waals surface area contributed by atoms with Gasteiger partial charge in [0.25, 0.3) is 11.8 Å². The van der Waals surface area contributed by atoms with Crippen LogP contribution in [0.25, 0.3) is 0 Å². The second-order valence-corrected chi connectivity index (χ2v) is 5.58. The zero-order valence-electron chi connectivity index (χ0n) is 12.5. The van der Waals surface area contributed by atoms with E-state index in [0.717, 1.165) is 0 Å². The van der Waals surface area contributed by atoms with Crippen molar-refractivity contribution in [1.29, 1.82) is 0 Å². The summed E-state index contributed by atoms with van der Waals surface area (Å²) in [6, 6.07) is 0. The Balaban J connectivity index is 4.20. The van der Waals surface area contributed by atoms with Gasteiger partial charge in [-0.3, -0.25) is 4.79 Å². The van der Waals surface area contributed by atoms with Gasteiger partial charge < -0.3 is 9.47 Å². The lowest BCUT2D eigenvalue weighted by atomic mass is 9.91. The van der Waals surface area contributed by atoms with Crippen molar-refractivity contribution >= 4 is 11.9 Å². The van der Waals surface area contributed by atoms with Crippen LogP contribution in [0.3, 0.4) is 0 Å². The van der Waals surface area contributed by atoms with Gasteiger partial charge in [-0.25, -0.2) is 22.4 Å². The van der Waals surface area contributed by atoms with Crippen molar-refractivity contribution < 1.29 is 36.6 Å². The summed E-state index contributed by atoms with van der Waals surface area (Å²) in [5.41, 5.74) is -0.811. The number of halogens is 4. The zero-order valence-corrected chi connectivity index (χ0v) is 12.5. The normalized spacial score (nSPS) is 13.0. The first kappa shape index (κ1) is 19.7. The van der Waals surface area contributed by atoms with Crippen LogP contribution in [0.4, 0.5) is 17.6 Å². The van der Waals surface area contributed by atoms with Crippen LogP contribution in [0.5, 0.6) is 0 Å². The molecule has 0 fully saturated rings. The monoisotopic (exact) mass is 316 g/mol. The second kappa shape index (κ2) is 7.09. The van der Waals surface area contributed by atoms with Crippen LogP contribution in [0, 0.1) is 5.41 Å². The SMILES string of the molecule is CCC(C)(C)C(=O)OCC(=O)OCC(F)(F)CC(C)(F)F. The number of carbonyl (C=O) groups excluding carboxylic acids is 2. The molecule has 8 heteroatoms. The third kappa shape index (κ3) is 8.52. The molecule has 4 nitrogen and oxygen atoms in total. The lowest BCUT2D eigenvalue weighted by Gasteiger charge is -2.21. The molecule has 124 valence electrons. The third-order valence-electron chi connectivity index (χ3n) is 2.77. The molecule has 0 rings (SSSR count). The van der Waals surface area contributed by atoms with E-state index in [1.807, 2.05) is 0 Å². The third-order valence-corrected chi connectivity index (χ3v) is 2.77. The highest BCUT2D eigenvalue weighted by molar-refractivity contribution is 5.79. The molecule has 0 aliphatic rings. The van der Waals surface area contributed by atoms with Crippen LogP contribution >= 0.6 is 0 Å². The van der Waals surface area contributed by atoms with E-state index in [2.05, 4.69) is 9.47 Å². The molecule has 0 unspecified atom stereocenters. The number of hydrogen-bond donors (Lipinski definition) is 0. The molecule has 0 aromatic rings. The summed E-state index contributed by atoms with van der Waals surface area (Å²) in [6.07, 6.45) is -1.26. The molecule has 0 saturated heterocycles. The van der Waals surface area contributed by atoms with Crippen molar-refractivity contribution in [2.24, 2.45) is 5.41 Å². The van der Waals surface area contributed by atoms with E-state index < -0.39 is 48.8 Å². The van der Waals surface area contributed by atoms with Gasteiger partial charge in [0.15, 0.2) is 13.2 Å². The molecule has 0 heterocycles. The van der Waals surface area contributed by atoms with E-state index in [9.17, 15) is 27.2 Å². The molecule has 21 heavy (non-hydrogen) atoms. The number of carbonyl (C=O) groups is 2. The molecule has 0 aliphatic heterocycles. The summed E-state index contributed by atoms with van der Waals surface area (Å²) in [7, 11) is 0. The minimum atomic E-state index is -3.85. The second-order valence-electron chi connectivity index (χ2n) is 5.58. The van der Waals surface area contributed by atoms with E-state index in [1.54, 1.807) is 20.8 Å². The van der Waals surface area contributed by atoms with Crippen molar-refractivity contribution in [3.8, 4) is 0 Å². The van der Waals surface area contributed by atoms with Crippen LogP contribution in [0.2, 0.25) is 0 Å². The van der Waals surface area contributed by atoms with Gasteiger partial charge in [0.2, 0.25) is 0 Å². The maximum absolute atomic E-state index is 13.1. The molecule has 0 aliphatic carbocycles. The van der Waals surface area contributed by atoms with Crippen molar-refractivity contribution in [2.45, 2.75) is 52.4 Å². The number of esters is 2. The Bertz CT molecular complexity index is 375. The summed E-state index contributed by atoms with van der Waals surface area (Å²) in [4.78, 5) is 22.7. The average molecular weight is 316 g/mol. The Labute approximate surface area is 120 Å². The van der Waals surface area contributed by atoms with Crippen LogP contribution in [-0.2, 0) is 19.1 Å². The molecule has 0 aromatic carbocycles.